The number of ether oxygens (including phenoxy) is 1. The van der Waals surface area contributed by atoms with Crippen LogP contribution in [0.15, 0.2) is 83.9 Å². The van der Waals surface area contributed by atoms with Crippen LogP contribution in [0.25, 0.3) is 33.5 Å². The molecule has 0 amide bonds. The molecule has 0 aliphatic carbocycles. The molecule has 6 nitrogen and oxygen atoms in total. The number of hydrogen-bond acceptors (Lipinski definition) is 5. The number of furan rings is 1. The van der Waals surface area contributed by atoms with Crippen LogP contribution in [0.3, 0.4) is 0 Å². The molecular weight excluding hydrogens is 574 g/mol. The predicted molar refractivity (Wildman–Crippen MR) is 138 cm³/mol. The molecule has 0 unspecified atom stereocenters. The fourth-order valence-electron chi connectivity index (χ4n) is 3.49. The van der Waals surface area contributed by atoms with E-state index in [4.69, 9.17) is 20.8 Å². The number of aromatic nitrogens is 2. The van der Waals surface area contributed by atoms with Crippen molar-refractivity contribution in [1.29, 1.82) is 0 Å². The van der Waals surface area contributed by atoms with E-state index in [1.807, 2.05) is 30.3 Å². The van der Waals surface area contributed by atoms with Crippen LogP contribution in [-0.2, 0) is 0 Å². The maximum Gasteiger partial charge on any atom is 0.282 e. The average Bonchev–Trinajstić information content (AvgIpc) is 3.21. The van der Waals surface area contributed by atoms with Crippen molar-refractivity contribution in [1.82, 2.24) is 9.66 Å². The first kappa shape index (κ1) is 21.9. The Morgan fingerprint density at radius 3 is 2.73 bits per heavy atom. The Kier molecular flexibility index (Phi) is 5.82. The normalized spacial score (nSPS) is 11.6. The Bertz CT molecular complexity index is 1600. The van der Waals surface area contributed by atoms with E-state index in [0.717, 1.165) is 9.86 Å². The van der Waals surface area contributed by atoms with Gasteiger partial charge in [-0.2, -0.15) is 9.78 Å². The van der Waals surface area contributed by atoms with E-state index in [1.54, 1.807) is 30.3 Å². The molecule has 3 aromatic carbocycles. The first-order chi connectivity index (χ1) is 15.9. The molecule has 2 heterocycles. The molecule has 0 bridgehead atoms. The first-order valence-electron chi connectivity index (χ1n) is 9.73. The summed E-state index contributed by atoms with van der Waals surface area (Å²) in [7, 11) is 1.54. The lowest BCUT2D eigenvalue weighted by atomic mass is 10.2. The second kappa shape index (κ2) is 8.78. The predicted octanol–water partition coefficient (Wildman–Crippen LogP) is 6.88. The number of rotatable bonds is 4. The molecular formula is C24H14Br2ClN3O3. The van der Waals surface area contributed by atoms with Crippen molar-refractivity contribution in [2.75, 3.05) is 7.11 Å². The SMILES string of the molecule is COc1c(Cl)cc(C=Nn2c(-c3cc4cc(Br)ccc4o3)nc3ccccc3c2=O)cc1Br. The van der Waals surface area contributed by atoms with Crippen LogP contribution in [0.4, 0.5) is 0 Å². The van der Waals surface area contributed by atoms with Gasteiger partial charge in [0.2, 0.25) is 5.82 Å². The molecule has 0 N–H and O–H groups in total. The topological polar surface area (TPSA) is 69.6 Å². The Labute approximate surface area is 209 Å². The first-order valence-corrected chi connectivity index (χ1v) is 11.7. The highest BCUT2D eigenvalue weighted by atomic mass is 79.9. The van der Waals surface area contributed by atoms with Crippen molar-refractivity contribution in [3.05, 3.63) is 90.5 Å². The van der Waals surface area contributed by atoms with Gasteiger partial charge in [0, 0.05) is 9.86 Å². The molecule has 0 fully saturated rings. The van der Waals surface area contributed by atoms with E-state index in [2.05, 4.69) is 41.9 Å². The molecule has 0 aliphatic rings. The third kappa shape index (κ3) is 4.10. The number of hydrogen-bond donors (Lipinski definition) is 0. The molecule has 0 radical (unpaired) electrons. The van der Waals surface area contributed by atoms with Crippen molar-refractivity contribution in [3.8, 4) is 17.3 Å². The lowest BCUT2D eigenvalue weighted by Crippen LogP contribution is -2.20. The molecule has 164 valence electrons. The van der Waals surface area contributed by atoms with E-state index in [-0.39, 0.29) is 5.56 Å². The quantitative estimate of drug-likeness (QED) is 0.215. The van der Waals surface area contributed by atoms with E-state index in [9.17, 15) is 4.79 Å². The van der Waals surface area contributed by atoms with Crippen LogP contribution in [-0.4, -0.2) is 23.0 Å². The molecule has 5 aromatic rings. The summed E-state index contributed by atoms with van der Waals surface area (Å²) in [6.07, 6.45) is 1.54. The number of halogens is 3. The van der Waals surface area contributed by atoms with Crippen molar-refractivity contribution in [2.45, 2.75) is 0 Å². The van der Waals surface area contributed by atoms with Crippen molar-refractivity contribution in [2.24, 2.45) is 5.10 Å². The lowest BCUT2D eigenvalue weighted by molar-refractivity contribution is 0.412. The summed E-state index contributed by atoms with van der Waals surface area (Å²) < 4.78 is 14.1. The fourth-order valence-corrected chi connectivity index (χ4v) is 4.93. The van der Waals surface area contributed by atoms with Gasteiger partial charge in [-0.25, -0.2) is 4.98 Å². The Morgan fingerprint density at radius 2 is 1.94 bits per heavy atom. The second-order valence-electron chi connectivity index (χ2n) is 7.12. The zero-order valence-electron chi connectivity index (χ0n) is 17.1. The zero-order chi connectivity index (χ0) is 23.1. The lowest BCUT2D eigenvalue weighted by Gasteiger charge is -2.08. The third-order valence-electron chi connectivity index (χ3n) is 5.00. The van der Waals surface area contributed by atoms with Gasteiger partial charge in [-0.15, -0.1) is 0 Å². The van der Waals surface area contributed by atoms with Gasteiger partial charge in [0.05, 0.1) is 33.7 Å². The number of nitrogens with zero attached hydrogens (tertiary/aromatic N) is 3. The molecule has 0 saturated carbocycles. The largest absolute Gasteiger partial charge is 0.494 e. The molecule has 5 rings (SSSR count). The fraction of sp³-hybridized carbons (Fsp3) is 0.0417. The summed E-state index contributed by atoms with van der Waals surface area (Å²) in [5, 5.41) is 6.20. The molecule has 9 heteroatoms. The summed E-state index contributed by atoms with van der Waals surface area (Å²) in [5.41, 5.74) is 1.59. The zero-order valence-corrected chi connectivity index (χ0v) is 21.0. The average molecular weight is 588 g/mol. The standard InChI is InChI=1S/C24H14Br2ClN3O3/c1-32-22-17(26)8-13(9-18(22)27)12-28-30-23(29-19-5-3-2-4-16(19)24(30)31)21-11-14-10-15(25)6-7-20(14)33-21/h2-12H,1H3. The summed E-state index contributed by atoms with van der Waals surface area (Å²) in [6.45, 7) is 0. The maximum absolute atomic E-state index is 13.4. The highest BCUT2D eigenvalue weighted by Gasteiger charge is 2.17. The molecule has 0 atom stereocenters. The van der Waals surface area contributed by atoms with Gasteiger partial charge in [0.25, 0.3) is 5.56 Å². The Morgan fingerprint density at radius 1 is 1.12 bits per heavy atom. The summed E-state index contributed by atoms with van der Waals surface area (Å²) >= 11 is 13.2. The van der Waals surface area contributed by atoms with E-state index in [0.29, 0.717) is 48.9 Å². The highest BCUT2D eigenvalue weighted by molar-refractivity contribution is 9.10. The van der Waals surface area contributed by atoms with E-state index < -0.39 is 0 Å². The minimum absolute atomic E-state index is 0.293. The van der Waals surface area contributed by atoms with Crippen molar-refractivity contribution >= 4 is 71.5 Å². The van der Waals surface area contributed by atoms with Gasteiger partial charge in [0.1, 0.15) is 5.58 Å². The second-order valence-corrected chi connectivity index (χ2v) is 9.30. The third-order valence-corrected chi connectivity index (χ3v) is 6.36. The van der Waals surface area contributed by atoms with Crippen LogP contribution in [0, 0.1) is 0 Å². The number of benzene rings is 3. The van der Waals surface area contributed by atoms with Gasteiger partial charge in [-0.1, -0.05) is 39.7 Å². The summed E-state index contributed by atoms with van der Waals surface area (Å²) in [4.78, 5) is 18.0. The van der Waals surface area contributed by atoms with Crippen LogP contribution < -0.4 is 10.3 Å². The van der Waals surface area contributed by atoms with Crippen molar-refractivity contribution < 1.29 is 9.15 Å². The van der Waals surface area contributed by atoms with Crippen molar-refractivity contribution in [3.63, 3.8) is 0 Å². The van der Waals surface area contributed by atoms with Gasteiger partial charge < -0.3 is 9.15 Å². The van der Waals surface area contributed by atoms with Crippen LogP contribution in [0.1, 0.15) is 5.56 Å². The minimum Gasteiger partial charge on any atom is -0.494 e. The summed E-state index contributed by atoms with van der Waals surface area (Å²) in [6, 6.07) is 18.1. The van der Waals surface area contributed by atoms with Gasteiger partial charge in [0.15, 0.2) is 11.5 Å². The molecule has 0 aliphatic heterocycles. The van der Waals surface area contributed by atoms with Crippen LogP contribution >= 0.6 is 43.5 Å². The maximum atomic E-state index is 13.4. The Hall–Kier alpha value is -2.94. The summed E-state index contributed by atoms with van der Waals surface area (Å²) in [5.74, 6) is 1.24. The van der Waals surface area contributed by atoms with E-state index >= 15 is 0 Å². The minimum atomic E-state index is -0.313. The van der Waals surface area contributed by atoms with Gasteiger partial charge in [-0.05, 0) is 70.0 Å². The van der Waals surface area contributed by atoms with Crippen LogP contribution in [0.2, 0.25) is 5.02 Å². The van der Waals surface area contributed by atoms with E-state index in [1.165, 1.54) is 18.0 Å². The van der Waals surface area contributed by atoms with Gasteiger partial charge >= 0.3 is 0 Å². The number of methoxy groups -OCH3 is 1. The smallest absolute Gasteiger partial charge is 0.282 e. The van der Waals surface area contributed by atoms with Crippen LogP contribution in [0.5, 0.6) is 5.75 Å². The molecule has 0 saturated heterocycles. The Balaban J connectivity index is 1.71. The number of fused-ring (bicyclic) bond motifs is 2. The van der Waals surface area contributed by atoms with Gasteiger partial charge in [-0.3, -0.25) is 4.79 Å². The molecule has 0 spiro atoms. The molecule has 2 aromatic heterocycles. The highest BCUT2D eigenvalue weighted by Crippen LogP contribution is 2.34. The number of para-hydroxylation sites is 1. The molecule has 33 heavy (non-hydrogen) atoms. The monoisotopic (exact) mass is 585 g/mol.